The maximum absolute atomic E-state index is 4.87. The van der Waals surface area contributed by atoms with Crippen molar-refractivity contribution in [1.82, 2.24) is 4.98 Å². The zero-order valence-electron chi connectivity index (χ0n) is 5.94. The summed E-state index contributed by atoms with van der Waals surface area (Å²) in [7, 11) is 3.09. The highest BCUT2D eigenvalue weighted by molar-refractivity contribution is 4.82. The van der Waals surface area contributed by atoms with E-state index in [9.17, 15) is 0 Å². The van der Waals surface area contributed by atoms with Crippen molar-refractivity contribution in [3.8, 4) is 6.01 Å². The molecule has 10 heavy (non-hydrogen) atoms. The smallest absolute Gasteiger partial charge is 0.429 e. The molecule has 0 aromatic carbocycles. The third kappa shape index (κ3) is 1.15. The van der Waals surface area contributed by atoms with Gasteiger partial charge in [0, 0.05) is 6.07 Å². The van der Waals surface area contributed by atoms with Gasteiger partial charge < -0.3 is 9.57 Å². The minimum Gasteiger partial charge on any atom is -0.429 e. The second-order valence-electron chi connectivity index (χ2n) is 1.61. The van der Waals surface area contributed by atoms with Gasteiger partial charge in [-0.05, 0) is 9.71 Å². The molecule has 0 N–H and O–H groups in total. The van der Waals surface area contributed by atoms with E-state index in [1.807, 2.05) is 0 Å². The monoisotopic (exact) mass is 141 g/mol. The Bertz CT molecular complexity index is 192. The van der Waals surface area contributed by atoms with Gasteiger partial charge in [0.2, 0.25) is 0 Å². The van der Waals surface area contributed by atoms with Crippen molar-refractivity contribution in [3.63, 3.8) is 0 Å². The van der Waals surface area contributed by atoms with Gasteiger partial charge in [-0.15, -0.1) is 0 Å². The van der Waals surface area contributed by atoms with Crippen LogP contribution in [0.3, 0.4) is 0 Å². The number of hydrogen-bond acceptors (Lipinski definition) is 3. The third-order valence-corrected chi connectivity index (χ3v) is 1.06. The van der Waals surface area contributed by atoms with Gasteiger partial charge in [0.05, 0.1) is 7.11 Å². The lowest BCUT2D eigenvalue weighted by atomic mass is 10.7. The van der Waals surface area contributed by atoms with Crippen LogP contribution >= 0.6 is 0 Å². The third-order valence-electron chi connectivity index (χ3n) is 1.06. The molecule has 0 aliphatic carbocycles. The van der Waals surface area contributed by atoms with Gasteiger partial charge in [-0.25, -0.2) is 0 Å². The van der Waals surface area contributed by atoms with Crippen molar-refractivity contribution >= 4 is 0 Å². The first-order chi connectivity index (χ1) is 4.88. The van der Waals surface area contributed by atoms with Crippen LogP contribution in [0.25, 0.3) is 0 Å². The molecule has 54 valence electrons. The Morgan fingerprint density at radius 2 is 2.30 bits per heavy atom. The minimum atomic E-state index is 0.435. The van der Waals surface area contributed by atoms with Gasteiger partial charge in [-0.1, -0.05) is 0 Å². The predicted octanol–water partition coefficient (Wildman–Crippen LogP) is -0.564. The summed E-state index contributed by atoms with van der Waals surface area (Å²) in [5, 5.41) is 0. The lowest BCUT2D eigenvalue weighted by Crippen LogP contribution is -2.41. The molecule has 0 spiro atoms. The average molecular weight is 141 g/mol. The fraction of sp³-hybridized carbons (Fsp3) is 0.333. The fourth-order valence-corrected chi connectivity index (χ4v) is 0.626. The average Bonchev–Trinajstić information content (AvgIpc) is 2.04. The van der Waals surface area contributed by atoms with Gasteiger partial charge in [-0.2, -0.15) is 0 Å². The van der Waals surface area contributed by atoms with Crippen molar-refractivity contribution < 1.29 is 14.3 Å². The summed E-state index contributed by atoms with van der Waals surface area (Å²) >= 11 is 0. The van der Waals surface area contributed by atoms with Crippen molar-refractivity contribution in [2.75, 3.05) is 14.2 Å². The standard InChI is InChI=1S/C6H9N2O2/c1-9-6-7-4-3-5-8(6)10-2/h3-5H,1-2H3/q+1. The molecule has 0 aliphatic heterocycles. The van der Waals surface area contributed by atoms with Gasteiger partial charge in [-0.3, -0.25) is 0 Å². The Balaban J connectivity index is 2.96. The highest BCUT2D eigenvalue weighted by atomic mass is 16.7. The van der Waals surface area contributed by atoms with Crippen molar-refractivity contribution in [2.45, 2.75) is 0 Å². The molecule has 0 saturated carbocycles. The molecule has 1 aromatic rings. The van der Waals surface area contributed by atoms with Gasteiger partial charge in [0.25, 0.3) is 0 Å². The number of nitrogens with zero attached hydrogens (tertiary/aromatic N) is 2. The maximum Gasteiger partial charge on any atom is 0.537 e. The Morgan fingerprint density at radius 1 is 1.50 bits per heavy atom. The molecule has 0 fully saturated rings. The van der Waals surface area contributed by atoms with E-state index < -0.39 is 0 Å². The molecular formula is C6H9N2O2+. The Morgan fingerprint density at radius 3 is 2.80 bits per heavy atom. The minimum absolute atomic E-state index is 0.435. The largest absolute Gasteiger partial charge is 0.537 e. The second kappa shape index (κ2) is 3.00. The SMILES string of the molecule is COc1nccc[n+]1OC. The summed E-state index contributed by atoms with van der Waals surface area (Å²) in [5.74, 6) is 0. The molecule has 0 radical (unpaired) electrons. The number of rotatable bonds is 2. The molecule has 4 nitrogen and oxygen atoms in total. The van der Waals surface area contributed by atoms with E-state index in [1.54, 1.807) is 25.6 Å². The number of hydrogen-bond donors (Lipinski definition) is 0. The first-order valence-corrected chi connectivity index (χ1v) is 2.83. The van der Waals surface area contributed by atoms with Crippen LogP contribution in [0.15, 0.2) is 18.5 Å². The van der Waals surface area contributed by atoms with E-state index in [1.165, 1.54) is 11.8 Å². The van der Waals surface area contributed by atoms with Crippen LogP contribution in [-0.2, 0) is 0 Å². The highest BCUT2D eigenvalue weighted by Crippen LogP contribution is 1.90. The lowest BCUT2D eigenvalue weighted by molar-refractivity contribution is -0.889. The van der Waals surface area contributed by atoms with Crippen LogP contribution in [0.5, 0.6) is 6.01 Å². The Kier molecular flexibility index (Phi) is 2.04. The summed E-state index contributed by atoms with van der Waals surface area (Å²) in [6.45, 7) is 0. The molecule has 0 unspecified atom stereocenters. The highest BCUT2D eigenvalue weighted by Gasteiger charge is 2.09. The van der Waals surface area contributed by atoms with Crippen LogP contribution in [0.1, 0.15) is 0 Å². The zero-order chi connectivity index (χ0) is 7.40. The van der Waals surface area contributed by atoms with Crippen LogP contribution in [0, 0.1) is 0 Å². The van der Waals surface area contributed by atoms with E-state index in [0.29, 0.717) is 6.01 Å². The van der Waals surface area contributed by atoms with Crippen LogP contribution in [-0.4, -0.2) is 19.2 Å². The maximum atomic E-state index is 4.87. The van der Waals surface area contributed by atoms with Crippen molar-refractivity contribution in [3.05, 3.63) is 18.5 Å². The number of aromatic nitrogens is 2. The van der Waals surface area contributed by atoms with E-state index in [4.69, 9.17) is 9.57 Å². The second-order valence-corrected chi connectivity index (χ2v) is 1.61. The normalized spacial score (nSPS) is 9.00. The van der Waals surface area contributed by atoms with E-state index >= 15 is 0 Å². The molecule has 0 aliphatic rings. The summed E-state index contributed by atoms with van der Waals surface area (Å²) < 4.78 is 6.29. The first-order valence-electron chi connectivity index (χ1n) is 2.83. The van der Waals surface area contributed by atoms with Gasteiger partial charge in [0.15, 0.2) is 0 Å². The topological polar surface area (TPSA) is 35.2 Å². The molecule has 0 bridgehead atoms. The number of ether oxygens (including phenoxy) is 1. The molecule has 4 heteroatoms. The number of methoxy groups -OCH3 is 1. The van der Waals surface area contributed by atoms with Crippen molar-refractivity contribution in [2.24, 2.45) is 0 Å². The van der Waals surface area contributed by atoms with E-state index in [-0.39, 0.29) is 0 Å². The summed E-state index contributed by atoms with van der Waals surface area (Å²) in [4.78, 5) is 8.75. The van der Waals surface area contributed by atoms with Crippen LogP contribution in [0.2, 0.25) is 0 Å². The summed E-state index contributed by atoms with van der Waals surface area (Å²) in [6, 6.07) is 2.19. The predicted molar refractivity (Wildman–Crippen MR) is 33.5 cm³/mol. The van der Waals surface area contributed by atoms with Gasteiger partial charge >= 0.3 is 6.01 Å². The van der Waals surface area contributed by atoms with Crippen LogP contribution in [0.4, 0.5) is 0 Å². The van der Waals surface area contributed by atoms with Crippen LogP contribution < -0.4 is 14.3 Å². The quantitative estimate of drug-likeness (QED) is 0.518. The summed E-state index contributed by atoms with van der Waals surface area (Å²) in [6.07, 6.45) is 3.35. The molecular weight excluding hydrogens is 132 g/mol. The molecule has 1 heterocycles. The molecule has 0 saturated heterocycles. The summed E-state index contributed by atoms with van der Waals surface area (Å²) in [5.41, 5.74) is 0. The fourth-order valence-electron chi connectivity index (χ4n) is 0.626. The van der Waals surface area contributed by atoms with Gasteiger partial charge in [0.1, 0.15) is 19.5 Å². The first kappa shape index (κ1) is 6.80. The molecule has 1 aromatic heterocycles. The molecule has 1 rings (SSSR count). The molecule has 0 amide bonds. The van der Waals surface area contributed by atoms with E-state index in [0.717, 1.165) is 0 Å². The Hall–Kier alpha value is -1.32. The lowest BCUT2D eigenvalue weighted by Gasteiger charge is -1.95. The van der Waals surface area contributed by atoms with E-state index in [2.05, 4.69) is 4.98 Å². The Labute approximate surface area is 59.0 Å². The van der Waals surface area contributed by atoms with Crippen molar-refractivity contribution in [1.29, 1.82) is 0 Å². The molecule has 0 atom stereocenters. The zero-order valence-corrected chi connectivity index (χ0v) is 5.94.